The van der Waals surface area contributed by atoms with E-state index in [1.807, 2.05) is 24.6 Å². The molecule has 1 aromatic carbocycles. The Morgan fingerprint density at radius 3 is 2.58 bits per heavy atom. The molecule has 6 heteroatoms. The SMILES string of the molecule is Cc1cc(C)n(CCOC(=O)c2ccc(N3CCCC3=O)cc2)n1. The second-order valence-electron chi connectivity index (χ2n) is 5.98. The number of amides is 1. The van der Waals surface area contributed by atoms with E-state index in [1.54, 1.807) is 29.2 Å². The van der Waals surface area contributed by atoms with Crippen molar-refractivity contribution < 1.29 is 14.3 Å². The molecule has 6 nitrogen and oxygen atoms in total. The number of benzene rings is 1. The molecule has 1 saturated heterocycles. The fraction of sp³-hybridized carbons (Fsp3) is 0.389. The Morgan fingerprint density at radius 2 is 2.00 bits per heavy atom. The number of ether oxygens (including phenoxy) is 1. The predicted octanol–water partition coefficient (Wildman–Crippen LogP) is 2.48. The third-order valence-corrected chi connectivity index (χ3v) is 4.13. The van der Waals surface area contributed by atoms with Crippen LogP contribution in [0.25, 0.3) is 0 Å². The molecule has 1 aliphatic rings. The van der Waals surface area contributed by atoms with Gasteiger partial charge in [0, 0.05) is 24.3 Å². The number of carbonyl (C=O) groups excluding carboxylic acids is 2. The second-order valence-corrected chi connectivity index (χ2v) is 5.98. The van der Waals surface area contributed by atoms with E-state index in [9.17, 15) is 9.59 Å². The predicted molar refractivity (Wildman–Crippen MR) is 90.0 cm³/mol. The highest BCUT2D eigenvalue weighted by molar-refractivity contribution is 5.96. The van der Waals surface area contributed by atoms with Crippen LogP contribution in [-0.4, -0.2) is 34.8 Å². The molecule has 0 saturated carbocycles. The van der Waals surface area contributed by atoms with Gasteiger partial charge in [0.15, 0.2) is 0 Å². The van der Waals surface area contributed by atoms with Gasteiger partial charge in [0.05, 0.1) is 17.8 Å². The highest BCUT2D eigenvalue weighted by Crippen LogP contribution is 2.21. The first kappa shape index (κ1) is 16.2. The summed E-state index contributed by atoms with van der Waals surface area (Å²) in [5.41, 5.74) is 3.31. The summed E-state index contributed by atoms with van der Waals surface area (Å²) in [5, 5.41) is 4.33. The zero-order valence-corrected chi connectivity index (χ0v) is 14.0. The Hall–Kier alpha value is -2.63. The van der Waals surface area contributed by atoms with E-state index in [1.165, 1.54) is 0 Å². The van der Waals surface area contributed by atoms with Gasteiger partial charge in [0.25, 0.3) is 0 Å². The Labute approximate surface area is 141 Å². The molecule has 1 fully saturated rings. The molecule has 1 aromatic heterocycles. The van der Waals surface area contributed by atoms with Gasteiger partial charge in [-0.15, -0.1) is 0 Å². The smallest absolute Gasteiger partial charge is 0.338 e. The summed E-state index contributed by atoms with van der Waals surface area (Å²) in [6, 6.07) is 8.97. The summed E-state index contributed by atoms with van der Waals surface area (Å²) < 4.78 is 7.13. The Morgan fingerprint density at radius 1 is 1.25 bits per heavy atom. The molecule has 0 atom stereocenters. The lowest BCUT2D eigenvalue weighted by atomic mass is 10.2. The van der Waals surface area contributed by atoms with Crippen LogP contribution in [0.5, 0.6) is 0 Å². The average Bonchev–Trinajstić information content (AvgIpc) is 3.13. The lowest BCUT2D eigenvalue weighted by Crippen LogP contribution is -2.23. The molecule has 3 rings (SSSR count). The van der Waals surface area contributed by atoms with Crippen LogP contribution >= 0.6 is 0 Å². The lowest BCUT2D eigenvalue weighted by Gasteiger charge is -2.15. The molecule has 1 aliphatic heterocycles. The summed E-state index contributed by atoms with van der Waals surface area (Å²) in [6.45, 7) is 5.45. The highest BCUT2D eigenvalue weighted by atomic mass is 16.5. The largest absolute Gasteiger partial charge is 0.460 e. The fourth-order valence-electron chi connectivity index (χ4n) is 2.91. The monoisotopic (exact) mass is 327 g/mol. The second kappa shape index (κ2) is 6.86. The molecule has 0 unspecified atom stereocenters. The van der Waals surface area contributed by atoms with Crippen LogP contribution in [0.4, 0.5) is 5.69 Å². The number of hydrogen-bond donors (Lipinski definition) is 0. The molecule has 24 heavy (non-hydrogen) atoms. The van der Waals surface area contributed by atoms with E-state index in [-0.39, 0.29) is 18.5 Å². The molecular formula is C18H21N3O3. The number of aryl methyl sites for hydroxylation is 2. The van der Waals surface area contributed by atoms with E-state index in [0.29, 0.717) is 18.5 Å². The van der Waals surface area contributed by atoms with Gasteiger partial charge < -0.3 is 9.64 Å². The molecule has 0 radical (unpaired) electrons. The number of aromatic nitrogens is 2. The van der Waals surface area contributed by atoms with Crippen LogP contribution < -0.4 is 4.90 Å². The van der Waals surface area contributed by atoms with Gasteiger partial charge in [0.2, 0.25) is 5.91 Å². The van der Waals surface area contributed by atoms with Crippen LogP contribution in [0.15, 0.2) is 30.3 Å². The maximum absolute atomic E-state index is 12.1. The minimum atomic E-state index is -0.365. The van der Waals surface area contributed by atoms with Crippen molar-refractivity contribution in [1.82, 2.24) is 9.78 Å². The standard InChI is InChI=1S/C18H21N3O3/c1-13-12-14(2)21(19-13)10-11-24-18(23)15-5-7-16(8-6-15)20-9-3-4-17(20)22/h5-8,12H,3-4,9-11H2,1-2H3. The van der Waals surface area contributed by atoms with Gasteiger partial charge in [-0.1, -0.05) is 0 Å². The van der Waals surface area contributed by atoms with E-state index in [4.69, 9.17) is 4.74 Å². The van der Waals surface area contributed by atoms with Crippen LogP contribution in [0.2, 0.25) is 0 Å². The van der Waals surface area contributed by atoms with E-state index in [2.05, 4.69) is 5.10 Å². The number of rotatable bonds is 5. The maximum Gasteiger partial charge on any atom is 0.338 e. The zero-order valence-electron chi connectivity index (χ0n) is 14.0. The molecule has 2 heterocycles. The average molecular weight is 327 g/mol. The van der Waals surface area contributed by atoms with Crippen molar-refractivity contribution >= 4 is 17.6 Å². The van der Waals surface area contributed by atoms with Gasteiger partial charge in [-0.2, -0.15) is 5.10 Å². The summed E-state index contributed by atoms with van der Waals surface area (Å²) in [6.07, 6.45) is 1.48. The first-order chi connectivity index (χ1) is 11.5. The molecule has 126 valence electrons. The lowest BCUT2D eigenvalue weighted by molar-refractivity contribution is -0.117. The number of carbonyl (C=O) groups is 2. The summed E-state index contributed by atoms with van der Waals surface area (Å²) in [5.74, 6) is -0.231. The minimum Gasteiger partial charge on any atom is -0.460 e. The van der Waals surface area contributed by atoms with Crippen LogP contribution in [0.1, 0.15) is 34.6 Å². The van der Waals surface area contributed by atoms with Gasteiger partial charge in [-0.05, 0) is 50.6 Å². The number of hydrogen-bond acceptors (Lipinski definition) is 4. The van der Waals surface area contributed by atoms with E-state index >= 15 is 0 Å². The molecule has 0 N–H and O–H groups in total. The van der Waals surface area contributed by atoms with E-state index in [0.717, 1.165) is 30.0 Å². The minimum absolute atomic E-state index is 0.134. The molecule has 2 aromatic rings. The highest BCUT2D eigenvalue weighted by Gasteiger charge is 2.21. The number of esters is 1. The summed E-state index contributed by atoms with van der Waals surface area (Å²) in [7, 11) is 0. The van der Waals surface area contributed by atoms with Crippen LogP contribution in [-0.2, 0) is 16.1 Å². The summed E-state index contributed by atoms with van der Waals surface area (Å²) in [4.78, 5) is 25.6. The molecule has 1 amide bonds. The van der Waals surface area contributed by atoms with Crippen molar-refractivity contribution in [2.24, 2.45) is 0 Å². The third-order valence-electron chi connectivity index (χ3n) is 4.13. The number of anilines is 1. The Bertz CT molecular complexity index is 749. The quantitative estimate of drug-likeness (QED) is 0.792. The van der Waals surface area contributed by atoms with Crippen molar-refractivity contribution in [2.45, 2.75) is 33.2 Å². The van der Waals surface area contributed by atoms with Crippen molar-refractivity contribution in [1.29, 1.82) is 0 Å². The molecule has 0 aliphatic carbocycles. The Kier molecular flexibility index (Phi) is 4.64. The first-order valence-electron chi connectivity index (χ1n) is 8.13. The van der Waals surface area contributed by atoms with Gasteiger partial charge in [0.1, 0.15) is 6.61 Å². The van der Waals surface area contributed by atoms with E-state index < -0.39 is 0 Å². The van der Waals surface area contributed by atoms with Crippen molar-refractivity contribution in [2.75, 3.05) is 18.1 Å². The van der Waals surface area contributed by atoms with Gasteiger partial charge in [-0.3, -0.25) is 9.48 Å². The number of nitrogens with zero attached hydrogens (tertiary/aromatic N) is 3. The Balaban J connectivity index is 1.55. The van der Waals surface area contributed by atoms with Crippen molar-refractivity contribution in [3.8, 4) is 0 Å². The van der Waals surface area contributed by atoms with Gasteiger partial charge >= 0.3 is 5.97 Å². The summed E-state index contributed by atoms with van der Waals surface area (Å²) >= 11 is 0. The van der Waals surface area contributed by atoms with Crippen LogP contribution in [0, 0.1) is 13.8 Å². The van der Waals surface area contributed by atoms with Gasteiger partial charge in [-0.25, -0.2) is 4.79 Å². The van der Waals surface area contributed by atoms with Crippen LogP contribution in [0.3, 0.4) is 0 Å². The molecular weight excluding hydrogens is 306 g/mol. The fourth-order valence-corrected chi connectivity index (χ4v) is 2.91. The molecule has 0 bridgehead atoms. The molecule has 0 spiro atoms. The normalized spacial score (nSPS) is 14.2. The zero-order chi connectivity index (χ0) is 17.1. The van der Waals surface area contributed by atoms with Crippen molar-refractivity contribution in [3.05, 3.63) is 47.3 Å². The first-order valence-corrected chi connectivity index (χ1v) is 8.13. The topological polar surface area (TPSA) is 64.4 Å². The maximum atomic E-state index is 12.1. The third kappa shape index (κ3) is 3.48. The van der Waals surface area contributed by atoms with Crippen molar-refractivity contribution in [3.63, 3.8) is 0 Å².